The van der Waals surface area contributed by atoms with E-state index in [4.69, 9.17) is 11.6 Å². The summed E-state index contributed by atoms with van der Waals surface area (Å²) in [5.41, 5.74) is -0.556. The van der Waals surface area contributed by atoms with Crippen molar-refractivity contribution in [1.82, 2.24) is 9.29 Å². The van der Waals surface area contributed by atoms with Gasteiger partial charge in [-0.15, -0.1) is 0 Å². The van der Waals surface area contributed by atoms with Crippen molar-refractivity contribution in [2.75, 3.05) is 20.2 Å². The summed E-state index contributed by atoms with van der Waals surface area (Å²) in [6.45, 7) is 0.282. The topological polar surface area (TPSA) is 96.5 Å². The van der Waals surface area contributed by atoms with E-state index in [-0.39, 0.29) is 23.0 Å². The van der Waals surface area contributed by atoms with Crippen LogP contribution in [-0.4, -0.2) is 43.9 Å². The number of carbonyl (C=O) groups excluding carboxylic acids is 1. The molecule has 20 heavy (non-hydrogen) atoms. The van der Waals surface area contributed by atoms with Gasteiger partial charge in [-0.1, -0.05) is 11.6 Å². The number of carbonyl (C=O) groups is 1. The molecule has 1 aliphatic heterocycles. The molecule has 0 radical (unpaired) electrons. The highest BCUT2D eigenvalue weighted by atomic mass is 35.5. The van der Waals surface area contributed by atoms with Gasteiger partial charge in [0.2, 0.25) is 10.0 Å². The number of pyridine rings is 1. The van der Waals surface area contributed by atoms with E-state index in [0.29, 0.717) is 6.42 Å². The third-order valence-corrected chi connectivity index (χ3v) is 5.28. The van der Waals surface area contributed by atoms with Crippen LogP contribution in [-0.2, 0) is 19.6 Å². The predicted octanol–water partition coefficient (Wildman–Crippen LogP) is 0.212. The van der Waals surface area contributed by atoms with Gasteiger partial charge in [0.15, 0.2) is 0 Å². The molecule has 1 aromatic heterocycles. The van der Waals surface area contributed by atoms with Crippen molar-refractivity contribution in [1.29, 1.82) is 0 Å². The molecule has 0 amide bonds. The molecule has 0 saturated carbocycles. The van der Waals surface area contributed by atoms with Gasteiger partial charge in [-0.3, -0.25) is 9.59 Å². The van der Waals surface area contributed by atoms with E-state index in [9.17, 15) is 18.0 Å². The van der Waals surface area contributed by atoms with Crippen molar-refractivity contribution >= 4 is 27.6 Å². The van der Waals surface area contributed by atoms with Crippen molar-refractivity contribution in [2.45, 2.75) is 11.3 Å². The molecule has 2 rings (SSSR count). The number of esters is 1. The van der Waals surface area contributed by atoms with Crippen LogP contribution in [0.5, 0.6) is 0 Å². The molecule has 1 saturated heterocycles. The summed E-state index contributed by atoms with van der Waals surface area (Å²) in [4.78, 5) is 24.7. The predicted molar refractivity (Wildman–Crippen MR) is 71.0 cm³/mol. The molecular formula is C11H13ClN2O5S. The van der Waals surface area contributed by atoms with E-state index < -0.39 is 27.5 Å². The minimum absolute atomic E-state index is 0.0613. The van der Waals surface area contributed by atoms with Gasteiger partial charge >= 0.3 is 5.97 Å². The number of ether oxygens (including phenoxy) is 1. The zero-order valence-electron chi connectivity index (χ0n) is 10.6. The molecule has 1 aromatic rings. The van der Waals surface area contributed by atoms with Crippen LogP contribution in [0.2, 0.25) is 5.02 Å². The maximum atomic E-state index is 12.3. The monoisotopic (exact) mass is 320 g/mol. The van der Waals surface area contributed by atoms with Gasteiger partial charge in [-0.2, -0.15) is 4.31 Å². The molecule has 1 unspecified atom stereocenters. The van der Waals surface area contributed by atoms with Crippen LogP contribution in [0.1, 0.15) is 6.42 Å². The molecule has 1 aliphatic rings. The first-order chi connectivity index (χ1) is 9.36. The Kier molecular flexibility index (Phi) is 4.17. The molecule has 0 bridgehead atoms. The summed E-state index contributed by atoms with van der Waals surface area (Å²) in [6.07, 6.45) is 1.50. The quantitative estimate of drug-likeness (QED) is 0.803. The zero-order valence-corrected chi connectivity index (χ0v) is 12.2. The fourth-order valence-electron chi connectivity index (χ4n) is 2.04. The largest absolute Gasteiger partial charge is 0.469 e. The Morgan fingerprint density at radius 3 is 2.85 bits per heavy atom. The second-order valence-corrected chi connectivity index (χ2v) is 6.73. The standard InChI is InChI=1S/C11H13ClN2O5S/c1-19-11(16)7-2-3-14(6-7)20(17,18)8-4-9(12)10(15)13-5-8/h4-5,7H,2-3,6H2,1H3,(H,13,15). The summed E-state index contributed by atoms with van der Waals surface area (Å²) in [7, 11) is -2.52. The number of sulfonamides is 1. The normalized spacial score (nSPS) is 20.0. The maximum Gasteiger partial charge on any atom is 0.310 e. The molecule has 2 heterocycles. The Balaban J connectivity index is 2.26. The minimum atomic E-state index is -3.78. The fraction of sp³-hybridized carbons (Fsp3) is 0.455. The average Bonchev–Trinajstić information content (AvgIpc) is 2.91. The zero-order chi connectivity index (χ0) is 14.9. The molecule has 1 atom stereocenters. The van der Waals surface area contributed by atoms with Gasteiger partial charge in [0.1, 0.15) is 5.02 Å². The second-order valence-electron chi connectivity index (χ2n) is 4.38. The van der Waals surface area contributed by atoms with Crippen LogP contribution >= 0.6 is 11.6 Å². The van der Waals surface area contributed by atoms with E-state index in [2.05, 4.69) is 9.72 Å². The molecule has 1 N–H and O–H groups in total. The average molecular weight is 321 g/mol. The highest BCUT2D eigenvalue weighted by Crippen LogP contribution is 2.25. The van der Waals surface area contributed by atoms with Gasteiger partial charge in [0.05, 0.1) is 17.9 Å². The third-order valence-electron chi connectivity index (χ3n) is 3.15. The van der Waals surface area contributed by atoms with Crippen LogP contribution in [0, 0.1) is 5.92 Å². The fourth-order valence-corrected chi connectivity index (χ4v) is 3.77. The van der Waals surface area contributed by atoms with Gasteiger partial charge in [0, 0.05) is 19.3 Å². The number of rotatable bonds is 3. The number of aromatic nitrogens is 1. The Bertz CT molecular complexity index is 684. The number of nitrogens with one attached hydrogen (secondary N) is 1. The van der Waals surface area contributed by atoms with Crippen LogP contribution in [0.15, 0.2) is 22.0 Å². The number of H-pyrrole nitrogens is 1. The second kappa shape index (κ2) is 5.55. The van der Waals surface area contributed by atoms with Crippen LogP contribution in [0.25, 0.3) is 0 Å². The van der Waals surface area contributed by atoms with E-state index in [1.165, 1.54) is 11.4 Å². The molecule has 1 fully saturated rings. The number of nitrogens with zero attached hydrogens (tertiary/aromatic N) is 1. The smallest absolute Gasteiger partial charge is 0.310 e. The van der Waals surface area contributed by atoms with E-state index in [0.717, 1.165) is 12.3 Å². The summed E-state index contributed by atoms with van der Waals surface area (Å²) in [6, 6.07) is 1.10. The lowest BCUT2D eigenvalue weighted by Gasteiger charge is -2.16. The first kappa shape index (κ1) is 15.0. The SMILES string of the molecule is COC(=O)C1CCN(S(=O)(=O)c2c[nH]c(=O)c(Cl)c2)C1. The van der Waals surface area contributed by atoms with E-state index in [1.54, 1.807) is 0 Å². The Morgan fingerprint density at radius 1 is 1.55 bits per heavy atom. The van der Waals surface area contributed by atoms with Gasteiger partial charge < -0.3 is 9.72 Å². The lowest BCUT2D eigenvalue weighted by atomic mass is 10.1. The maximum absolute atomic E-state index is 12.3. The summed E-state index contributed by atoms with van der Waals surface area (Å²) < 4.78 is 30.5. The lowest BCUT2D eigenvalue weighted by molar-refractivity contribution is -0.144. The Labute approximate surface area is 120 Å². The van der Waals surface area contributed by atoms with Crippen molar-refractivity contribution in [3.8, 4) is 0 Å². The number of methoxy groups -OCH3 is 1. The number of hydrogen-bond donors (Lipinski definition) is 1. The molecule has 0 spiro atoms. The molecule has 7 nitrogen and oxygen atoms in total. The van der Waals surface area contributed by atoms with Crippen molar-refractivity contribution in [3.63, 3.8) is 0 Å². The Hall–Kier alpha value is -1.38. The van der Waals surface area contributed by atoms with Crippen LogP contribution in [0.3, 0.4) is 0 Å². The van der Waals surface area contributed by atoms with Gasteiger partial charge in [-0.05, 0) is 12.5 Å². The van der Waals surface area contributed by atoms with Crippen molar-refractivity contribution in [2.24, 2.45) is 5.92 Å². The summed E-state index contributed by atoms with van der Waals surface area (Å²) in [5.74, 6) is -0.893. The van der Waals surface area contributed by atoms with Crippen LogP contribution in [0.4, 0.5) is 0 Å². The Morgan fingerprint density at radius 2 is 2.25 bits per heavy atom. The van der Waals surface area contributed by atoms with Crippen molar-refractivity contribution in [3.05, 3.63) is 27.6 Å². The van der Waals surface area contributed by atoms with Crippen molar-refractivity contribution < 1.29 is 17.9 Å². The first-order valence-electron chi connectivity index (χ1n) is 5.82. The molecule has 9 heteroatoms. The van der Waals surface area contributed by atoms with Crippen LogP contribution < -0.4 is 5.56 Å². The van der Waals surface area contributed by atoms with Gasteiger partial charge in [-0.25, -0.2) is 8.42 Å². The van der Waals surface area contributed by atoms with E-state index >= 15 is 0 Å². The number of hydrogen-bond acceptors (Lipinski definition) is 5. The first-order valence-corrected chi connectivity index (χ1v) is 7.64. The number of halogens is 1. The lowest BCUT2D eigenvalue weighted by Crippen LogP contribution is -2.30. The molecular weight excluding hydrogens is 308 g/mol. The van der Waals surface area contributed by atoms with E-state index in [1.807, 2.05) is 0 Å². The molecule has 0 aliphatic carbocycles. The molecule has 110 valence electrons. The summed E-state index contributed by atoms with van der Waals surface area (Å²) in [5, 5.41) is -0.199. The molecule has 0 aromatic carbocycles. The highest BCUT2D eigenvalue weighted by molar-refractivity contribution is 7.89. The minimum Gasteiger partial charge on any atom is -0.469 e. The number of aromatic amines is 1. The summed E-state index contributed by atoms with van der Waals surface area (Å²) >= 11 is 5.63. The van der Waals surface area contributed by atoms with Gasteiger partial charge in [0.25, 0.3) is 5.56 Å². The highest BCUT2D eigenvalue weighted by Gasteiger charge is 2.36. The third kappa shape index (κ3) is 2.72.